The number of para-hydroxylation sites is 1. The largest absolute Gasteiger partial charge is 0.457 e. The van der Waals surface area contributed by atoms with Crippen molar-refractivity contribution in [3.63, 3.8) is 0 Å². The Kier molecular flexibility index (Phi) is 5.96. The van der Waals surface area contributed by atoms with E-state index in [9.17, 15) is 14.9 Å². The third kappa shape index (κ3) is 4.22. The molecule has 162 valence electrons. The standard InChI is InChI=1S/C24H21N3O4S/c1-4-26-23(28)21(32-24(26)25-22-15(2)7-5-8-16(22)3)14-19-11-12-20(31-19)17-9-6-10-18(13-17)27(29)30/h5-14H,4H2,1-3H3/b21-14+,25-24?. The van der Waals surface area contributed by atoms with Crippen LogP contribution in [0.25, 0.3) is 17.4 Å². The topological polar surface area (TPSA) is 89.0 Å². The number of aryl methyl sites for hydroxylation is 2. The van der Waals surface area contributed by atoms with Gasteiger partial charge in [0.25, 0.3) is 11.6 Å². The third-order valence-corrected chi connectivity index (χ3v) is 6.10. The number of benzene rings is 2. The Morgan fingerprint density at radius 2 is 1.84 bits per heavy atom. The molecule has 1 aromatic heterocycles. The summed E-state index contributed by atoms with van der Waals surface area (Å²) in [4.78, 5) is 30.5. The lowest BCUT2D eigenvalue weighted by Gasteiger charge is -2.13. The predicted molar refractivity (Wildman–Crippen MR) is 127 cm³/mol. The number of non-ortho nitro benzene ring substituents is 1. The van der Waals surface area contributed by atoms with E-state index in [0.717, 1.165) is 16.8 Å². The first-order chi connectivity index (χ1) is 15.4. The molecule has 0 radical (unpaired) electrons. The Morgan fingerprint density at radius 1 is 1.12 bits per heavy atom. The van der Waals surface area contributed by atoms with Gasteiger partial charge in [-0.15, -0.1) is 0 Å². The first kappa shape index (κ1) is 21.6. The summed E-state index contributed by atoms with van der Waals surface area (Å²) in [5.41, 5.74) is 3.56. The second kappa shape index (κ2) is 8.84. The molecule has 1 aliphatic heterocycles. The monoisotopic (exact) mass is 447 g/mol. The number of thioether (sulfide) groups is 1. The van der Waals surface area contributed by atoms with E-state index in [1.54, 1.807) is 35.2 Å². The van der Waals surface area contributed by atoms with Crippen molar-refractivity contribution in [3.8, 4) is 11.3 Å². The van der Waals surface area contributed by atoms with E-state index in [-0.39, 0.29) is 11.6 Å². The lowest BCUT2D eigenvalue weighted by molar-refractivity contribution is -0.384. The van der Waals surface area contributed by atoms with E-state index in [0.29, 0.717) is 33.7 Å². The van der Waals surface area contributed by atoms with Crippen LogP contribution in [0.5, 0.6) is 0 Å². The molecule has 0 bridgehead atoms. The Morgan fingerprint density at radius 3 is 2.53 bits per heavy atom. The smallest absolute Gasteiger partial charge is 0.270 e. The molecule has 2 aromatic carbocycles. The molecule has 32 heavy (non-hydrogen) atoms. The van der Waals surface area contributed by atoms with Gasteiger partial charge in [-0.1, -0.05) is 30.3 Å². The van der Waals surface area contributed by atoms with E-state index in [4.69, 9.17) is 9.41 Å². The average Bonchev–Trinajstić information content (AvgIpc) is 3.35. The summed E-state index contributed by atoms with van der Waals surface area (Å²) in [6.07, 6.45) is 1.68. The van der Waals surface area contributed by atoms with Crippen LogP contribution in [0.1, 0.15) is 23.8 Å². The Bertz CT molecular complexity index is 1260. The number of carbonyl (C=O) groups is 1. The number of hydrogen-bond donors (Lipinski definition) is 0. The van der Waals surface area contributed by atoms with Gasteiger partial charge in [-0.25, -0.2) is 4.99 Å². The van der Waals surface area contributed by atoms with Gasteiger partial charge >= 0.3 is 0 Å². The van der Waals surface area contributed by atoms with Gasteiger partial charge in [0.1, 0.15) is 11.5 Å². The molecule has 1 saturated heterocycles. The Labute approximate surface area is 189 Å². The summed E-state index contributed by atoms with van der Waals surface area (Å²) in [7, 11) is 0. The highest BCUT2D eigenvalue weighted by Crippen LogP contribution is 2.36. The highest BCUT2D eigenvalue weighted by molar-refractivity contribution is 8.18. The summed E-state index contributed by atoms with van der Waals surface area (Å²) in [6, 6.07) is 15.7. The van der Waals surface area contributed by atoms with Crippen LogP contribution in [-0.2, 0) is 4.79 Å². The number of hydrogen-bond acceptors (Lipinski definition) is 6. The van der Waals surface area contributed by atoms with Crippen LogP contribution in [0.3, 0.4) is 0 Å². The molecular formula is C24H21N3O4S. The van der Waals surface area contributed by atoms with Gasteiger partial charge < -0.3 is 4.42 Å². The molecular weight excluding hydrogens is 426 g/mol. The van der Waals surface area contributed by atoms with Gasteiger partial charge in [-0.3, -0.25) is 19.8 Å². The number of carbonyl (C=O) groups excluding carboxylic acids is 1. The number of likely N-dealkylation sites (N-methyl/N-ethyl adjacent to an activating group) is 1. The first-order valence-electron chi connectivity index (χ1n) is 10.1. The zero-order chi connectivity index (χ0) is 22.8. The summed E-state index contributed by atoms with van der Waals surface area (Å²) >= 11 is 1.31. The molecule has 1 amide bonds. The molecule has 8 heteroatoms. The maximum absolute atomic E-state index is 12.9. The van der Waals surface area contributed by atoms with Gasteiger partial charge in [0.05, 0.1) is 15.5 Å². The van der Waals surface area contributed by atoms with Gasteiger partial charge in [-0.05, 0) is 55.8 Å². The van der Waals surface area contributed by atoms with E-state index in [1.807, 2.05) is 39.0 Å². The highest BCUT2D eigenvalue weighted by atomic mass is 32.2. The van der Waals surface area contributed by atoms with Crippen molar-refractivity contribution in [3.05, 3.63) is 86.5 Å². The second-order valence-electron chi connectivity index (χ2n) is 7.30. The number of nitro groups is 1. The van der Waals surface area contributed by atoms with Crippen molar-refractivity contribution >= 4 is 40.3 Å². The van der Waals surface area contributed by atoms with Crippen LogP contribution in [0.2, 0.25) is 0 Å². The number of furan rings is 1. The quantitative estimate of drug-likeness (QED) is 0.268. The molecule has 1 aliphatic rings. The van der Waals surface area contributed by atoms with Gasteiger partial charge in [0.15, 0.2) is 5.17 Å². The Balaban J connectivity index is 1.64. The summed E-state index contributed by atoms with van der Waals surface area (Å²) in [5.74, 6) is 0.857. The molecule has 2 heterocycles. The second-order valence-corrected chi connectivity index (χ2v) is 8.31. The molecule has 0 spiro atoms. The van der Waals surface area contributed by atoms with E-state index >= 15 is 0 Å². The normalized spacial score (nSPS) is 16.3. The molecule has 0 atom stereocenters. The van der Waals surface area contributed by atoms with Gasteiger partial charge in [0.2, 0.25) is 0 Å². The number of aliphatic imine (C=N–C) groups is 1. The molecule has 0 aliphatic carbocycles. The average molecular weight is 448 g/mol. The van der Waals surface area contributed by atoms with Gasteiger partial charge in [0, 0.05) is 30.3 Å². The number of amides is 1. The van der Waals surface area contributed by atoms with Crippen molar-refractivity contribution < 1.29 is 14.1 Å². The van der Waals surface area contributed by atoms with Crippen LogP contribution in [0, 0.1) is 24.0 Å². The molecule has 0 N–H and O–H groups in total. The highest BCUT2D eigenvalue weighted by Gasteiger charge is 2.32. The SMILES string of the molecule is CCN1C(=O)/C(=C\c2ccc(-c3cccc([N+](=O)[O-])c3)o2)SC1=Nc1c(C)cccc1C. The lowest BCUT2D eigenvalue weighted by Crippen LogP contribution is -2.28. The summed E-state index contributed by atoms with van der Waals surface area (Å²) < 4.78 is 5.85. The fourth-order valence-corrected chi connectivity index (χ4v) is 4.46. The van der Waals surface area contributed by atoms with Crippen LogP contribution in [0.4, 0.5) is 11.4 Å². The van der Waals surface area contributed by atoms with Crippen molar-refractivity contribution in [1.29, 1.82) is 0 Å². The molecule has 0 saturated carbocycles. The molecule has 0 unspecified atom stereocenters. The molecule has 1 fully saturated rings. The fraction of sp³-hybridized carbons (Fsp3) is 0.167. The lowest BCUT2D eigenvalue weighted by atomic mass is 10.1. The number of nitrogens with zero attached hydrogens (tertiary/aromatic N) is 3. The van der Waals surface area contributed by atoms with Crippen LogP contribution >= 0.6 is 11.8 Å². The van der Waals surface area contributed by atoms with Gasteiger partial charge in [-0.2, -0.15) is 0 Å². The van der Waals surface area contributed by atoms with Crippen molar-refractivity contribution in [2.24, 2.45) is 4.99 Å². The fourth-order valence-electron chi connectivity index (χ4n) is 3.44. The first-order valence-corrected chi connectivity index (χ1v) is 10.9. The van der Waals surface area contributed by atoms with E-state index < -0.39 is 4.92 Å². The minimum atomic E-state index is -0.445. The zero-order valence-electron chi connectivity index (χ0n) is 17.9. The zero-order valence-corrected chi connectivity index (χ0v) is 18.7. The maximum atomic E-state index is 12.9. The molecule has 7 nitrogen and oxygen atoms in total. The van der Waals surface area contributed by atoms with Crippen LogP contribution in [0.15, 0.2) is 68.9 Å². The minimum absolute atomic E-state index is 0.00808. The van der Waals surface area contributed by atoms with Crippen molar-refractivity contribution in [2.45, 2.75) is 20.8 Å². The summed E-state index contributed by atoms with van der Waals surface area (Å²) in [6.45, 7) is 6.41. The maximum Gasteiger partial charge on any atom is 0.270 e. The molecule has 4 rings (SSSR count). The Hall–Kier alpha value is -3.65. The minimum Gasteiger partial charge on any atom is -0.457 e. The summed E-state index contributed by atoms with van der Waals surface area (Å²) in [5, 5.41) is 11.7. The van der Waals surface area contributed by atoms with Crippen LogP contribution in [-0.4, -0.2) is 27.4 Å². The predicted octanol–water partition coefficient (Wildman–Crippen LogP) is 6.10. The third-order valence-electron chi connectivity index (χ3n) is 5.09. The van der Waals surface area contributed by atoms with E-state index in [2.05, 4.69) is 0 Å². The number of rotatable bonds is 5. The number of nitro benzene ring substituents is 1. The van der Waals surface area contributed by atoms with Crippen molar-refractivity contribution in [2.75, 3.05) is 6.54 Å². The van der Waals surface area contributed by atoms with Crippen LogP contribution < -0.4 is 0 Å². The van der Waals surface area contributed by atoms with Crippen molar-refractivity contribution in [1.82, 2.24) is 4.90 Å². The molecule has 3 aromatic rings. The number of amidine groups is 1. The van der Waals surface area contributed by atoms with E-state index in [1.165, 1.54) is 23.9 Å².